The second-order valence-electron chi connectivity index (χ2n) is 4.70. The molecule has 0 aliphatic rings. The lowest BCUT2D eigenvalue weighted by atomic mass is 10.2. The van der Waals surface area contributed by atoms with Gasteiger partial charge in [-0.05, 0) is 36.8 Å². The molecule has 1 N–H and O–H groups in total. The third kappa shape index (κ3) is 4.59. The molecule has 0 bridgehead atoms. The highest BCUT2D eigenvalue weighted by Crippen LogP contribution is 2.13. The van der Waals surface area contributed by atoms with Crippen molar-refractivity contribution >= 4 is 5.69 Å². The highest BCUT2D eigenvalue weighted by Gasteiger charge is 1.96. The van der Waals surface area contributed by atoms with Crippen LogP contribution in [-0.4, -0.2) is 20.3 Å². The monoisotopic (exact) mass is 271 g/mol. The van der Waals surface area contributed by atoms with Crippen molar-refractivity contribution in [3.63, 3.8) is 0 Å². The molecule has 0 unspecified atom stereocenters. The van der Waals surface area contributed by atoms with Gasteiger partial charge in [0, 0.05) is 12.2 Å². The van der Waals surface area contributed by atoms with Crippen molar-refractivity contribution in [3.05, 3.63) is 59.7 Å². The summed E-state index contributed by atoms with van der Waals surface area (Å²) in [4.78, 5) is 0. The van der Waals surface area contributed by atoms with E-state index in [1.807, 2.05) is 24.3 Å². The zero-order valence-electron chi connectivity index (χ0n) is 12.1. The molecule has 2 aromatic rings. The summed E-state index contributed by atoms with van der Waals surface area (Å²) in [7, 11) is 1.67. The Morgan fingerprint density at radius 3 is 2.60 bits per heavy atom. The number of nitrogens with one attached hydrogen (secondary N) is 1. The molecule has 0 radical (unpaired) electrons. The SMILES string of the molecule is COc1cccc(COCCNc2ccc(C)cc2)c1. The summed E-state index contributed by atoms with van der Waals surface area (Å²) in [5.74, 6) is 0.865. The van der Waals surface area contributed by atoms with Gasteiger partial charge < -0.3 is 14.8 Å². The average molecular weight is 271 g/mol. The number of benzene rings is 2. The van der Waals surface area contributed by atoms with Crippen LogP contribution >= 0.6 is 0 Å². The van der Waals surface area contributed by atoms with Crippen LogP contribution in [0.1, 0.15) is 11.1 Å². The van der Waals surface area contributed by atoms with E-state index in [-0.39, 0.29) is 0 Å². The van der Waals surface area contributed by atoms with Gasteiger partial charge in [0.25, 0.3) is 0 Å². The smallest absolute Gasteiger partial charge is 0.119 e. The zero-order chi connectivity index (χ0) is 14.2. The molecular formula is C17H21NO2. The summed E-state index contributed by atoms with van der Waals surface area (Å²) >= 11 is 0. The Labute approximate surface area is 120 Å². The van der Waals surface area contributed by atoms with E-state index in [0.29, 0.717) is 13.2 Å². The summed E-state index contributed by atoms with van der Waals surface area (Å²) in [6.45, 7) is 4.16. The first-order valence-electron chi connectivity index (χ1n) is 6.79. The van der Waals surface area contributed by atoms with Crippen molar-refractivity contribution in [2.24, 2.45) is 0 Å². The van der Waals surface area contributed by atoms with Gasteiger partial charge in [0.2, 0.25) is 0 Å². The van der Waals surface area contributed by atoms with E-state index in [9.17, 15) is 0 Å². The van der Waals surface area contributed by atoms with Crippen molar-refractivity contribution < 1.29 is 9.47 Å². The molecular weight excluding hydrogens is 250 g/mol. The molecule has 0 saturated heterocycles. The van der Waals surface area contributed by atoms with Gasteiger partial charge in [-0.2, -0.15) is 0 Å². The first kappa shape index (κ1) is 14.4. The molecule has 106 valence electrons. The molecule has 0 amide bonds. The van der Waals surface area contributed by atoms with E-state index in [1.54, 1.807) is 7.11 Å². The number of ether oxygens (including phenoxy) is 2. The predicted octanol–water partition coefficient (Wildman–Crippen LogP) is 3.63. The molecule has 0 aliphatic carbocycles. The minimum atomic E-state index is 0.604. The molecule has 0 atom stereocenters. The molecule has 3 nitrogen and oxygen atoms in total. The Kier molecular flexibility index (Phi) is 5.44. The Bertz CT molecular complexity index is 523. The van der Waals surface area contributed by atoms with E-state index in [1.165, 1.54) is 5.56 Å². The Morgan fingerprint density at radius 1 is 1.05 bits per heavy atom. The second-order valence-corrected chi connectivity index (χ2v) is 4.70. The van der Waals surface area contributed by atoms with Gasteiger partial charge >= 0.3 is 0 Å². The summed E-state index contributed by atoms with van der Waals surface area (Å²) in [5, 5.41) is 3.33. The first-order chi connectivity index (χ1) is 9.78. The fraction of sp³-hybridized carbons (Fsp3) is 0.294. The molecule has 0 fully saturated rings. The molecule has 2 rings (SSSR count). The van der Waals surface area contributed by atoms with Crippen LogP contribution in [0.3, 0.4) is 0 Å². The number of anilines is 1. The molecule has 0 spiro atoms. The van der Waals surface area contributed by atoms with Crippen LogP contribution < -0.4 is 10.1 Å². The van der Waals surface area contributed by atoms with Crippen molar-refractivity contribution in [2.75, 3.05) is 25.6 Å². The molecule has 0 heterocycles. The highest BCUT2D eigenvalue weighted by atomic mass is 16.5. The largest absolute Gasteiger partial charge is 0.497 e. The summed E-state index contributed by atoms with van der Waals surface area (Å²) in [6.07, 6.45) is 0. The standard InChI is InChI=1S/C17H21NO2/c1-14-6-8-16(9-7-14)18-10-11-20-13-15-4-3-5-17(12-15)19-2/h3-9,12,18H,10-11,13H2,1-2H3. The van der Waals surface area contributed by atoms with Gasteiger partial charge in [-0.3, -0.25) is 0 Å². The number of rotatable bonds is 7. The predicted molar refractivity (Wildman–Crippen MR) is 82.3 cm³/mol. The normalized spacial score (nSPS) is 10.3. The van der Waals surface area contributed by atoms with Crippen molar-refractivity contribution in [3.8, 4) is 5.75 Å². The number of hydrogen-bond donors (Lipinski definition) is 1. The highest BCUT2D eigenvalue weighted by molar-refractivity contribution is 5.44. The summed E-state index contributed by atoms with van der Waals surface area (Å²) in [6, 6.07) is 16.3. The Hall–Kier alpha value is -2.00. The zero-order valence-corrected chi connectivity index (χ0v) is 12.1. The van der Waals surface area contributed by atoms with Gasteiger partial charge in [-0.1, -0.05) is 29.8 Å². The number of methoxy groups -OCH3 is 1. The van der Waals surface area contributed by atoms with Crippen LogP contribution in [0.2, 0.25) is 0 Å². The third-order valence-electron chi connectivity index (χ3n) is 3.03. The molecule has 3 heteroatoms. The van der Waals surface area contributed by atoms with E-state index < -0.39 is 0 Å². The molecule has 0 aliphatic heterocycles. The fourth-order valence-electron chi connectivity index (χ4n) is 1.89. The van der Waals surface area contributed by atoms with Crippen molar-refractivity contribution in [1.82, 2.24) is 0 Å². The van der Waals surface area contributed by atoms with E-state index >= 15 is 0 Å². The Balaban J connectivity index is 1.67. The maximum absolute atomic E-state index is 5.65. The summed E-state index contributed by atoms with van der Waals surface area (Å²) in [5.41, 5.74) is 3.52. The Morgan fingerprint density at radius 2 is 1.85 bits per heavy atom. The topological polar surface area (TPSA) is 30.5 Å². The van der Waals surface area contributed by atoms with Crippen LogP contribution in [0.4, 0.5) is 5.69 Å². The quantitative estimate of drug-likeness (QED) is 0.780. The third-order valence-corrected chi connectivity index (χ3v) is 3.03. The van der Waals surface area contributed by atoms with E-state index in [4.69, 9.17) is 9.47 Å². The van der Waals surface area contributed by atoms with Crippen LogP contribution in [0, 0.1) is 6.92 Å². The van der Waals surface area contributed by atoms with Gasteiger partial charge in [0.15, 0.2) is 0 Å². The maximum atomic E-state index is 5.65. The number of hydrogen-bond acceptors (Lipinski definition) is 3. The van der Waals surface area contributed by atoms with E-state index in [0.717, 1.165) is 23.5 Å². The van der Waals surface area contributed by atoms with Crippen LogP contribution in [0.15, 0.2) is 48.5 Å². The lowest BCUT2D eigenvalue weighted by Gasteiger charge is -2.08. The summed E-state index contributed by atoms with van der Waals surface area (Å²) < 4.78 is 10.8. The first-order valence-corrected chi connectivity index (χ1v) is 6.79. The van der Waals surface area contributed by atoms with Crippen molar-refractivity contribution in [1.29, 1.82) is 0 Å². The lowest BCUT2D eigenvalue weighted by molar-refractivity contribution is 0.130. The number of aryl methyl sites for hydroxylation is 1. The average Bonchev–Trinajstić information content (AvgIpc) is 2.49. The molecule has 2 aromatic carbocycles. The van der Waals surface area contributed by atoms with E-state index in [2.05, 4.69) is 36.5 Å². The van der Waals surface area contributed by atoms with Gasteiger partial charge in [-0.15, -0.1) is 0 Å². The van der Waals surface area contributed by atoms with Gasteiger partial charge in [0.1, 0.15) is 5.75 Å². The second kappa shape index (κ2) is 7.56. The van der Waals surface area contributed by atoms with Gasteiger partial charge in [-0.25, -0.2) is 0 Å². The van der Waals surface area contributed by atoms with Crippen LogP contribution in [-0.2, 0) is 11.3 Å². The fourth-order valence-corrected chi connectivity index (χ4v) is 1.89. The molecule has 0 saturated carbocycles. The van der Waals surface area contributed by atoms with Gasteiger partial charge in [0.05, 0.1) is 20.3 Å². The van der Waals surface area contributed by atoms with Crippen LogP contribution in [0.25, 0.3) is 0 Å². The minimum Gasteiger partial charge on any atom is -0.497 e. The lowest BCUT2D eigenvalue weighted by Crippen LogP contribution is -2.09. The molecule has 0 aromatic heterocycles. The van der Waals surface area contributed by atoms with Crippen molar-refractivity contribution in [2.45, 2.75) is 13.5 Å². The van der Waals surface area contributed by atoms with Crippen LogP contribution in [0.5, 0.6) is 5.75 Å². The molecule has 20 heavy (non-hydrogen) atoms. The minimum absolute atomic E-state index is 0.604. The maximum Gasteiger partial charge on any atom is 0.119 e.